The van der Waals surface area contributed by atoms with Crippen LogP contribution in [-0.2, 0) is 24.1 Å². The molecule has 0 saturated heterocycles. The van der Waals surface area contributed by atoms with Crippen LogP contribution in [0.1, 0.15) is 46.9 Å². The number of rotatable bonds is 4. The standard InChI is InChI=1S/C21H21ClN2O3S/c1-3-27-21(26)18-23-19-17(15-9-4-12(2)10-16(15)28-19)20(25)24(18)11-13-5-7-14(22)8-6-13/h5-8,12H,3-4,9-11H2,1-2H3/t12-/m0/s1. The van der Waals surface area contributed by atoms with Crippen molar-refractivity contribution in [1.82, 2.24) is 9.55 Å². The van der Waals surface area contributed by atoms with E-state index in [0.717, 1.165) is 30.4 Å². The molecule has 0 fully saturated rings. The van der Waals surface area contributed by atoms with Gasteiger partial charge in [-0.15, -0.1) is 11.3 Å². The Morgan fingerprint density at radius 3 is 2.82 bits per heavy atom. The molecule has 1 atom stereocenters. The SMILES string of the molecule is CCOC(=O)c1nc2sc3c(c2c(=O)n1Cc1ccc(Cl)cc1)CC[C@H](C)C3. The van der Waals surface area contributed by atoms with E-state index in [4.69, 9.17) is 16.3 Å². The minimum atomic E-state index is -0.574. The summed E-state index contributed by atoms with van der Waals surface area (Å²) in [6.07, 6.45) is 2.91. The van der Waals surface area contributed by atoms with Crippen molar-refractivity contribution < 1.29 is 9.53 Å². The predicted octanol–water partition coefficient (Wildman–Crippen LogP) is 4.46. The second kappa shape index (κ2) is 7.68. The summed E-state index contributed by atoms with van der Waals surface area (Å²) in [5.41, 5.74) is 1.81. The van der Waals surface area contributed by atoms with Crippen molar-refractivity contribution in [3.8, 4) is 0 Å². The van der Waals surface area contributed by atoms with E-state index < -0.39 is 5.97 Å². The van der Waals surface area contributed by atoms with Gasteiger partial charge in [0.25, 0.3) is 5.56 Å². The first-order valence-corrected chi connectivity index (χ1v) is 10.6. The molecule has 1 aliphatic rings. The summed E-state index contributed by atoms with van der Waals surface area (Å²) in [6, 6.07) is 7.23. The monoisotopic (exact) mass is 416 g/mol. The molecule has 2 aromatic heterocycles. The van der Waals surface area contributed by atoms with E-state index in [0.29, 0.717) is 21.2 Å². The molecular weight excluding hydrogens is 396 g/mol. The van der Waals surface area contributed by atoms with E-state index in [1.165, 1.54) is 20.8 Å². The lowest BCUT2D eigenvalue weighted by Gasteiger charge is -2.17. The van der Waals surface area contributed by atoms with Crippen LogP contribution in [0.5, 0.6) is 0 Å². The van der Waals surface area contributed by atoms with Gasteiger partial charge in [-0.25, -0.2) is 9.78 Å². The number of hydrogen-bond donors (Lipinski definition) is 0. The van der Waals surface area contributed by atoms with Crippen molar-refractivity contribution in [2.75, 3.05) is 6.61 Å². The Hall–Kier alpha value is -2.18. The number of halogens is 1. The smallest absolute Gasteiger partial charge is 0.374 e. The molecule has 0 radical (unpaired) electrons. The van der Waals surface area contributed by atoms with Gasteiger partial charge in [0, 0.05) is 9.90 Å². The van der Waals surface area contributed by atoms with Crippen LogP contribution < -0.4 is 5.56 Å². The topological polar surface area (TPSA) is 61.2 Å². The molecule has 1 aliphatic carbocycles. The van der Waals surface area contributed by atoms with Crippen LogP contribution in [-0.4, -0.2) is 22.1 Å². The third-order valence-electron chi connectivity index (χ3n) is 5.13. The maximum atomic E-state index is 13.4. The zero-order valence-electron chi connectivity index (χ0n) is 15.8. The largest absolute Gasteiger partial charge is 0.460 e. The Morgan fingerprint density at radius 1 is 1.36 bits per heavy atom. The van der Waals surface area contributed by atoms with Gasteiger partial charge in [0.1, 0.15) is 4.83 Å². The maximum Gasteiger partial charge on any atom is 0.374 e. The van der Waals surface area contributed by atoms with Gasteiger partial charge >= 0.3 is 5.97 Å². The first-order chi connectivity index (χ1) is 13.5. The zero-order valence-corrected chi connectivity index (χ0v) is 17.4. The molecule has 146 valence electrons. The summed E-state index contributed by atoms with van der Waals surface area (Å²) in [6.45, 7) is 4.44. The molecule has 0 aliphatic heterocycles. The van der Waals surface area contributed by atoms with Gasteiger partial charge in [-0.1, -0.05) is 30.7 Å². The molecule has 0 saturated carbocycles. The molecule has 0 N–H and O–H groups in total. The van der Waals surface area contributed by atoms with Gasteiger partial charge in [0.2, 0.25) is 5.82 Å². The molecule has 2 heterocycles. The lowest BCUT2D eigenvalue weighted by molar-refractivity contribution is 0.0505. The van der Waals surface area contributed by atoms with Crippen LogP contribution in [0.3, 0.4) is 0 Å². The third kappa shape index (κ3) is 3.47. The highest BCUT2D eigenvalue weighted by Crippen LogP contribution is 2.36. The first-order valence-electron chi connectivity index (χ1n) is 9.44. The normalized spacial score (nSPS) is 16.2. The number of aromatic nitrogens is 2. The second-order valence-electron chi connectivity index (χ2n) is 7.21. The van der Waals surface area contributed by atoms with Crippen molar-refractivity contribution in [3.63, 3.8) is 0 Å². The number of benzene rings is 1. The van der Waals surface area contributed by atoms with Crippen LogP contribution in [0.15, 0.2) is 29.1 Å². The molecule has 28 heavy (non-hydrogen) atoms. The zero-order chi connectivity index (χ0) is 19.8. The average Bonchev–Trinajstić information content (AvgIpc) is 3.03. The fraction of sp³-hybridized carbons (Fsp3) is 0.381. The van der Waals surface area contributed by atoms with E-state index >= 15 is 0 Å². The van der Waals surface area contributed by atoms with E-state index in [1.807, 2.05) is 12.1 Å². The number of aryl methyl sites for hydroxylation is 1. The number of hydrogen-bond acceptors (Lipinski definition) is 5. The molecule has 0 bridgehead atoms. The minimum absolute atomic E-state index is 0.0564. The van der Waals surface area contributed by atoms with Gasteiger partial charge in [-0.05, 0) is 55.4 Å². The maximum absolute atomic E-state index is 13.4. The van der Waals surface area contributed by atoms with E-state index in [2.05, 4.69) is 11.9 Å². The van der Waals surface area contributed by atoms with E-state index in [1.54, 1.807) is 19.1 Å². The fourth-order valence-electron chi connectivity index (χ4n) is 3.69. The Balaban J connectivity index is 1.90. The Morgan fingerprint density at radius 2 is 2.11 bits per heavy atom. The summed E-state index contributed by atoms with van der Waals surface area (Å²) in [5.74, 6) is 0.0810. The number of thiophene rings is 1. The van der Waals surface area contributed by atoms with Crippen LogP contribution in [0.25, 0.3) is 10.2 Å². The van der Waals surface area contributed by atoms with E-state index in [-0.39, 0.29) is 24.5 Å². The fourth-order valence-corrected chi connectivity index (χ4v) is 5.19. The van der Waals surface area contributed by atoms with Gasteiger partial charge in [-0.2, -0.15) is 0 Å². The Bertz CT molecular complexity index is 1100. The van der Waals surface area contributed by atoms with Crippen molar-refractivity contribution in [2.24, 2.45) is 5.92 Å². The van der Waals surface area contributed by atoms with Crippen LogP contribution in [0, 0.1) is 5.92 Å². The molecular formula is C21H21ClN2O3S. The third-order valence-corrected chi connectivity index (χ3v) is 6.53. The molecule has 4 rings (SSSR count). The van der Waals surface area contributed by atoms with Gasteiger partial charge in [-0.3, -0.25) is 9.36 Å². The number of fused-ring (bicyclic) bond motifs is 3. The first kappa shape index (κ1) is 19.2. The van der Waals surface area contributed by atoms with Gasteiger partial charge in [0.05, 0.1) is 18.5 Å². The van der Waals surface area contributed by atoms with Crippen LogP contribution in [0.2, 0.25) is 5.02 Å². The van der Waals surface area contributed by atoms with Gasteiger partial charge < -0.3 is 4.74 Å². The van der Waals surface area contributed by atoms with Crippen molar-refractivity contribution >= 4 is 39.1 Å². The quantitative estimate of drug-likeness (QED) is 0.589. The molecule has 0 unspecified atom stereocenters. The van der Waals surface area contributed by atoms with E-state index in [9.17, 15) is 9.59 Å². The number of esters is 1. The van der Waals surface area contributed by atoms with Crippen LogP contribution >= 0.6 is 22.9 Å². The van der Waals surface area contributed by atoms with Crippen molar-refractivity contribution in [2.45, 2.75) is 39.7 Å². The average molecular weight is 417 g/mol. The summed E-state index contributed by atoms with van der Waals surface area (Å²) in [7, 11) is 0. The van der Waals surface area contributed by atoms with Gasteiger partial charge in [0.15, 0.2) is 0 Å². The summed E-state index contributed by atoms with van der Waals surface area (Å²) >= 11 is 7.50. The van der Waals surface area contributed by atoms with Crippen LogP contribution in [0.4, 0.5) is 0 Å². The second-order valence-corrected chi connectivity index (χ2v) is 8.73. The molecule has 1 aromatic carbocycles. The highest BCUT2D eigenvalue weighted by Gasteiger charge is 2.26. The number of nitrogens with zero attached hydrogens (tertiary/aromatic N) is 2. The number of carbonyl (C=O) groups excluding carboxylic acids is 1. The predicted molar refractivity (Wildman–Crippen MR) is 112 cm³/mol. The Labute approximate surface area is 171 Å². The molecule has 3 aromatic rings. The summed E-state index contributed by atoms with van der Waals surface area (Å²) in [4.78, 5) is 32.4. The van der Waals surface area contributed by atoms with Crippen molar-refractivity contribution in [1.29, 1.82) is 0 Å². The molecule has 7 heteroatoms. The number of carbonyl (C=O) groups is 1. The minimum Gasteiger partial charge on any atom is -0.460 e. The number of ether oxygens (including phenoxy) is 1. The lowest BCUT2D eigenvalue weighted by Crippen LogP contribution is -2.29. The summed E-state index contributed by atoms with van der Waals surface area (Å²) < 4.78 is 6.61. The van der Waals surface area contributed by atoms with Crippen molar-refractivity contribution in [3.05, 3.63) is 61.5 Å². The Kier molecular flexibility index (Phi) is 5.25. The summed E-state index contributed by atoms with van der Waals surface area (Å²) in [5, 5.41) is 1.28. The lowest BCUT2D eigenvalue weighted by atomic mass is 9.89. The molecule has 0 amide bonds. The highest BCUT2D eigenvalue weighted by molar-refractivity contribution is 7.18. The molecule has 5 nitrogen and oxygen atoms in total. The highest BCUT2D eigenvalue weighted by atomic mass is 35.5. The molecule has 0 spiro atoms.